The van der Waals surface area contributed by atoms with Gasteiger partial charge in [0.2, 0.25) is 0 Å². The number of amides is 1. The van der Waals surface area contributed by atoms with E-state index < -0.39 is 0 Å². The van der Waals surface area contributed by atoms with Gasteiger partial charge in [-0.1, -0.05) is 37.0 Å². The van der Waals surface area contributed by atoms with Crippen molar-refractivity contribution in [1.82, 2.24) is 5.32 Å². The monoisotopic (exact) mass is 275 g/mol. The second kappa shape index (κ2) is 6.12. The van der Waals surface area contributed by atoms with Gasteiger partial charge in [0.25, 0.3) is 5.91 Å². The van der Waals surface area contributed by atoms with Crippen molar-refractivity contribution in [2.24, 2.45) is 5.92 Å². The standard InChI is InChI=1S/C12H15Cl2NO2/c1-7(2)6-15-12(16)10-8(13)4-5-9(14)11(10)17-3/h4-5,7H,6H2,1-3H3,(H,15,16). The lowest BCUT2D eigenvalue weighted by molar-refractivity contribution is 0.0946. The van der Waals surface area contributed by atoms with Crippen LogP contribution in [0.25, 0.3) is 0 Å². The Morgan fingerprint density at radius 3 is 2.47 bits per heavy atom. The molecule has 0 aliphatic heterocycles. The Bertz CT molecular complexity index is 419. The van der Waals surface area contributed by atoms with Crippen LogP contribution in [0, 0.1) is 5.92 Å². The summed E-state index contributed by atoms with van der Waals surface area (Å²) in [6.07, 6.45) is 0. The van der Waals surface area contributed by atoms with E-state index in [2.05, 4.69) is 5.32 Å². The van der Waals surface area contributed by atoms with Crippen molar-refractivity contribution >= 4 is 29.1 Å². The highest BCUT2D eigenvalue weighted by Gasteiger charge is 2.19. The predicted octanol–water partition coefficient (Wildman–Crippen LogP) is 3.39. The fourth-order valence-electron chi connectivity index (χ4n) is 1.33. The summed E-state index contributed by atoms with van der Waals surface area (Å²) in [5.74, 6) is 0.395. The molecule has 0 aromatic heterocycles. The number of nitrogens with one attached hydrogen (secondary N) is 1. The summed E-state index contributed by atoms with van der Waals surface area (Å²) in [7, 11) is 1.46. The first-order valence-corrected chi connectivity index (χ1v) is 6.03. The second-order valence-electron chi connectivity index (χ2n) is 4.04. The normalized spacial score (nSPS) is 10.5. The van der Waals surface area contributed by atoms with E-state index in [-0.39, 0.29) is 11.5 Å². The molecule has 0 unspecified atom stereocenters. The molecule has 0 radical (unpaired) electrons. The molecule has 3 nitrogen and oxygen atoms in total. The lowest BCUT2D eigenvalue weighted by Crippen LogP contribution is -2.28. The molecule has 0 fully saturated rings. The van der Waals surface area contributed by atoms with Gasteiger partial charge in [0.05, 0.1) is 17.2 Å². The Kier molecular flexibility index (Phi) is 5.09. The molecule has 0 aliphatic rings. The Morgan fingerprint density at radius 1 is 1.35 bits per heavy atom. The summed E-state index contributed by atoms with van der Waals surface area (Å²) >= 11 is 11.9. The molecular weight excluding hydrogens is 261 g/mol. The highest BCUT2D eigenvalue weighted by molar-refractivity contribution is 6.37. The number of hydrogen-bond acceptors (Lipinski definition) is 2. The molecule has 1 N–H and O–H groups in total. The molecule has 0 aliphatic carbocycles. The SMILES string of the molecule is COc1c(Cl)ccc(Cl)c1C(=O)NCC(C)C. The molecule has 5 heteroatoms. The van der Waals surface area contributed by atoms with Crippen LogP contribution in [-0.4, -0.2) is 19.6 Å². The molecule has 0 saturated heterocycles. The van der Waals surface area contributed by atoms with Crippen LogP contribution in [0.2, 0.25) is 10.0 Å². The highest BCUT2D eigenvalue weighted by atomic mass is 35.5. The number of hydrogen-bond donors (Lipinski definition) is 1. The van der Waals surface area contributed by atoms with Crippen molar-refractivity contribution in [1.29, 1.82) is 0 Å². The van der Waals surface area contributed by atoms with Crippen LogP contribution in [-0.2, 0) is 0 Å². The summed E-state index contributed by atoms with van der Waals surface area (Å²) in [5.41, 5.74) is 0.280. The van der Waals surface area contributed by atoms with Gasteiger partial charge >= 0.3 is 0 Å². The van der Waals surface area contributed by atoms with E-state index in [9.17, 15) is 4.79 Å². The Labute approximate surface area is 111 Å². The molecule has 94 valence electrons. The summed E-state index contributed by atoms with van der Waals surface area (Å²) in [6.45, 7) is 4.60. The predicted molar refractivity (Wildman–Crippen MR) is 70.2 cm³/mol. The van der Waals surface area contributed by atoms with Gasteiger partial charge in [-0.2, -0.15) is 0 Å². The minimum Gasteiger partial charge on any atom is -0.494 e. The van der Waals surface area contributed by atoms with Gasteiger partial charge in [-0.25, -0.2) is 0 Å². The maximum absolute atomic E-state index is 12.0. The van der Waals surface area contributed by atoms with E-state index in [0.29, 0.717) is 28.3 Å². The third-order valence-corrected chi connectivity index (χ3v) is 2.77. The van der Waals surface area contributed by atoms with Crippen molar-refractivity contribution in [3.8, 4) is 5.75 Å². The molecule has 1 amide bonds. The zero-order chi connectivity index (χ0) is 13.0. The van der Waals surface area contributed by atoms with Crippen LogP contribution in [0.15, 0.2) is 12.1 Å². The smallest absolute Gasteiger partial charge is 0.256 e. The third-order valence-electron chi connectivity index (χ3n) is 2.16. The Morgan fingerprint density at radius 2 is 1.94 bits per heavy atom. The van der Waals surface area contributed by atoms with Crippen molar-refractivity contribution in [2.75, 3.05) is 13.7 Å². The van der Waals surface area contributed by atoms with Crippen LogP contribution in [0.3, 0.4) is 0 Å². The third kappa shape index (κ3) is 3.51. The first-order chi connectivity index (χ1) is 7.97. The van der Waals surface area contributed by atoms with Gasteiger partial charge in [-0.15, -0.1) is 0 Å². The average Bonchev–Trinajstić information content (AvgIpc) is 2.28. The largest absolute Gasteiger partial charge is 0.494 e. The maximum atomic E-state index is 12.0. The zero-order valence-corrected chi connectivity index (χ0v) is 11.5. The van der Waals surface area contributed by atoms with Gasteiger partial charge in [0.1, 0.15) is 5.56 Å². The number of carbonyl (C=O) groups is 1. The molecule has 1 rings (SSSR count). The Balaban J connectivity index is 3.03. The molecule has 0 heterocycles. The van der Waals surface area contributed by atoms with E-state index in [0.717, 1.165) is 0 Å². The van der Waals surface area contributed by atoms with Crippen LogP contribution in [0.1, 0.15) is 24.2 Å². The lowest BCUT2D eigenvalue weighted by Gasteiger charge is -2.13. The molecular formula is C12H15Cl2NO2. The second-order valence-corrected chi connectivity index (χ2v) is 4.86. The fraction of sp³-hybridized carbons (Fsp3) is 0.417. The number of ether oxygens (including phenoxy) is 1. The van der Waals surface area contributed by atoms with E-state index >= 15 is 0 Å². The number of benzene rings is 1. The van der Waals surface area contributed by atoms with E-state index in [1.165, 1.54) is 7.11 Å². The zero-order valence-electron chi connectivity index (χ0n) is 10.0. The molecule has 17 heavy (non-hydrogen) atoms. The number of halogens is 2. The van der Waals surface area contributed by atoms with Crippen molar-refractivity contribution < 1.29 is 9.53 Å². The van der Waals surface area contributed by atoms with Gasteiger partial charge in [-0.3, -0.25) is 4.79 Å². The molecule has 1 aromatic rings. The van der Waals surface area contributed by atoms with Crippen LogP contribution < -0.4 is 10.1 Å². The quantitative estimate of drug-likeness (QED) is 0.915. The molecule has 1 aromatic carbocycles. The van der Waals surface area contributed by atoms with E-state index in [4.69, 9.17) is 27.9 Å². The molecule has 0 spiro atoms. The number of rotatable bonds is 4. The van der Waals surface area contributed by atoms with Crippen LogP contribution in [0.4, 0.5) is 0 Å². The first kappa shape index (κ1) is 14.1. The van der Waals surface area contributed by atoms with Crippen molar-refractivity contribution in [3.63, 3.8) is 0 Å². The van der Waals surface area contributed by atoms with Crippen LogP contribution >= 0.6 is 23.2 Å². The molecule has 0 bridgehead atoms. The first-order valence-electron chi connectivity index (χ1n) is 5.27. The summed E-state index contributed by atoms with van der Waals surface area (Å²) < 4.78 is 5.11. The minimum atomic E-state index is -0.275. The minimum absolute atomic E-state index is 0.275. The van der Waals surface area contributed by atoms with Gasteiger partial charge < -0.3 is 10.1 Å². The molecule has 0 saturated carbocycles. The van der Waals surface area contributed by atoms with Gasteiger partial charge in [0.15, 0.2) is 5.75 Å². The van der Waals surface area contributed by atoms with Gasteiger partial charge in [0, 0.05) is 6.54 Å². The van der Waals surface area contributed by atoms with Crippen molar-refractivity contribution in [2.45, 2.75) is 13.8 Å². The number of carbonyl (C=O) groups excluding carboxylic acids is 1. The molecule has 0 atom stereocenters. The van der Waals surface area contributed by atoms with E-state index in [1.54, 1.807) is 12.1 Å². The van der Waals surface area contributed by atoms with Crippen LogP contribution in [0.5, 0.6) is 5.75 Å². The topological polar surface area (TPSA) is 38.3 Å². The average molecular weight is 276 g/mol. The lowest BCUT2D eigenvalue weighted by atomic mass is 10.1. The fourth-order valence-corrected chi connectivity index (χ4v) is 1.80. The summed E-state index contributed by atoms with van der Waals surface area (Å²) in [5, 5.41) is 3.47. The Hall–Kier alpha value is -0.930. The van der Waals surface area contributed by atoms with E-state index in [1.807, 2.05) is 13.8 Å². The summed E-state index contributed by atoms with van der Waals surface area (Å²) in [6, 6.07) is 3.18. The summed E-state index contributed by atoms with van der Waals surface area (Å²) in [4.78, 5) is 12.0. The highest BCUT2D eigenvalue weighted by Crippen LogP contribution is 2.33. The van der Waals surface area contributed by atoms with Crippen molar-refractivity contribution in [3.05, 3.63) is 27.7 Å². The maximum Gasteiger partial charge on any atom is 0.256 e. The van der Waals surface area contributed by atoms with Gasteiger partial charge in [-0.05, 0) is 18.1 Å². The number of methoxy groups -OCH3 is 1.